The van der Waals surface area contributed by atoms with Crippen molar-refractivity contribution in [2.45, 2.75) is 0 Å². The molecule has 0 aliphatic heterocycles. The molecule has 0 bridgehead atoms. The molecule has 0 atom stereocenters. The molecule has 0 aliphatic carbocycles. The molecule has 0 aromatic heterocycles. The van der Waals surface area contributed by atoms with Crippen LogP contribution in [-0.4, -0.2) is 27.2 Å². The Balaban J connectivity index is -0.000000125. The topological polar surface area (TPSA) is 91.7 Å². The summed E-state index contributed by atoms with van der Waals surface area (Å²) in [6.07, 6.45) is 0. The summed E-state index contributed by atoms with van der Waals surface area (Å²) in [5.41, 5.74) is 0. The predicted octanol–water partition coefficient (Wildman–Crippen LogP) is -2.12. The quantitative estimate of drug-likeness (QED) is 0.440. The molecule has 0 heterocycles. The second kappa shape index (κ2) is 3.20. The standard InChI is InChI=1S/Co.Li.Mn.2H2O.3O.H/h;;;2*1H2;;;;/q;;+2;;;;;;/p-2. The van der Waals surface area contributed by atoms with E-state index in [9.17, 15) is 0 Å². The summed E-state index contributed by atoms with van der Waals surface area (Å²) in [6.45, 7) is 0. The molecule has 8 heteroatoms. The van der Waals surface area contributed by atoms with Gasteiger partial charge in [-0.25, -0.2) is 0 Å². The van der Waals surface area contributed by atoms with Crippen LogP contribution in [0.3, 0.4) is 0 Å². The average molecular weight is 204 g/mol. The van der Waals surface area contributed by atoms with E-state index < -0.39 is 12.2 Å². The normalized spacial score (nSPS) is 14.0. The van der Waals surface area contributed by atoms with E-state index in [-0.39, 0.29) is 35.6 Å². The van der Waals surface area contributed by atoms with Gasteiger partial charge in [-0.2, -0.15) is 0 Å². The first kappa shape index (κ1) is 16.0. The summed E-state index contributed by atoms with van der Waals surface area (Å²) in [6, 6.07) is 0. The third kappa shape index (κ3) is 276. The first-order chi connectivity index (χ1) is 2.24. The van der Waals surface area contributed by atoms with Crippen molar-refractivity contribution < 1.29 is 48.9 Å². The maximum absolute atomic E-state index is 8.83. The van der Waals surface area contributed by atoms with Crippen LogP contribution in [0.2, 0.25) is 0 Å². The van der Waals surface area contributed by atoms with Crippen LogP contribution < -0.4 is 0 Å². The van der Waals surface area contributed by atoms with Gasteiger partial charge in [0.2, 0.25) is 0 Å². The Morgan fingerprint density at radius 3 is 1.00 bits per heavy atom. The maximum atomic E-state index is 8.83. The molecule has 0 aliphatic rings. The van der Waals surface area contributed by atoms with E-state index in [0.717, 1.165) is 0 Å². The van der Waals surface area contributed by atoms with Gasteiger partial charge in [-0.1, -0.05) is 0 Å². The average Bonchev–Trinajstić information content (AvgIpc) is 0.650. The summed E-state index contributed by atoms with van der Waals surface area (Å²) >= 11 is -7.01. The Hall–Kier alpha value is 0.943. The fourth-order valence-corrected chi connectivity index (χ4v) is 0. The zero-order valence-corrected chi connectivity index (χ0v) is 5.05. The Bertz CT molecular complexity index is 191. The second-order valence-electron chi connectivity index (χ2n) is 0.679. The molecular formula is H3CoLiMnO5. The van der Waals surface area contributed by atoms with Crippen molar-refractivity contribution in [1.82, 2.24) is 0 Å². The predicted molar refractivity (Wildman–Crippen MR) is 13.6 cm³/mol. The molecule has 1 radical (unpaired) electrons. The summed E-state index contributed by atoms with van der Waals surface area (Å²) in [7, 11) is 0. The van der Waals surface area contributed by atoms with Crippen molar-refractivity contribution >= 4 is 18.9 Å². The molecular weight excluding hydrogens is 201 g/mol. The Morgan fingerprint density at radius 2 is 1.00 bits per heavy atom. The van der Waals surface area contributed by atoms with Crippen molar-refractivity contribution in [2.75, 3.05) is 0 Å². The molecule has 0 saturated heterocycles. The van der Waals surface area contributed by atoms with E-state index in [1.165, 1.54) is 0 Å². The van der Waals surface area contributed by atoms with Gasteiger partial charge in [0.1, 0.15) is 0 Å². The molecule has 50 valence electrons. The molecule has 2 N–H and O–H groups in total. The third-order valence-corrected chi connectivity index (χ3v) is 0. The minimum absolute atomic E-state index is 0. The van der Waals surface area contributed by atoms with Crippen molar-refractivity contribution in [2.24, 2.45) is 0 Å². The molecule has 0 saturated carbocycles. The van der Waals surface area contributed by atoms with Crippen LogP contribution >= 0.6 is 0 Å². The second-order valence-corrected chi connectivity index (χ2v) is 2.80. The Kier molecular flexibility index (Phi) is 6.39. The van der Waals surface area contributed by atoms with Gasteiger partial charge in [0.15, 0.2) is 0 Å². The van der Waals surface area contributed by atoms with Crippen LogP contribution in [0.1, 0.15) is 0 Å². The SMILES string of the molecule is [Co].[LiH].[O]=[Mn](=[O])(=[O])([OH])[OH]. The molecule has 0 aromatic rings. The minimum atomic E-state index is -7.01. The van der Waals surface area contributed by atoms with Gasteiger partial charge in [0.05, 0.1) is 0 Å². The van der Waals surface area contributed by atoms with Gasteiger partial charge in [-0.3, -0.25) is 0 Å². The van der Waals surface area contributed by atoms with Crippen molar-refractivity contribution in [1.29, 1.82) is 0 Å². The Morgan fingerprint density at radius 1 is 1.00 bits per heavy atom. The molecule has 0 spiro atoms. The molecule has 0 aromatic carbocycles. The zero-order valence-electron chi connectivity index (χ0n) is 2.83. The van der Waals surface area contributed by atoms with E-state index in [0.29, 0.717) is 0 Å². The van der Waals surface area contributed by atoms with Crippen LogP contribution in [0.15, 0.2) is 0 Å². The van der Waals surface area contributed by atoms with Crippen LogP contribution in [0.25, 0.3) is 0 Å². The first-order valence-corrected chi connectivity index (χ1v) is 3.30. The van der Waals surface area contributed by atoms with Gasteiger partial charge in [-0.15, -0.1) is 0 Å². The van der Waals surface area contributed by atoms with E-state index in [2.05, 4.69) is 0 Å². The summed E-state index contributed by atoms with van der Waals surface area (Å²) in [5.74, 6) is 0. The van der Waals surface area contributed by atoms with E-state index >= 15 is 0 Å². The van der Waals surface area contributed by atoms with Gasteiger partial charge in [-0.05, 0) is 0 Å². The van der Waals surface area contributed by atoms with E-state index in [1.807, 2.05) is 0 Å². The van der Waals surface area contributed by atoms with Gasteiger partial charge in [0.25, 0.3) is 0 Å². The van der Waals surface area contributed by atoms with Crippen LogP contribution in [-0.2, 0) is 40.5 Å². The van der Waals surface area contributed by atoms with Gasteiger partial charge < -0.3 is 0 Å². The summed E-state index contributed by atoms with van der Waals surface area (Å²) < 4.78 is 40.6. The van der Waals surface area contributed by atoms with E-state index in [1.54, 1.807) is 0 Å². The summed E-state index contributed by atoms with van der Waals surface area (Å²) in [4.78, 5) is 0. The van der Waals surface area contributed by atoms with Gasteiger partial charge >= 0.3 is 51.0 Å². The molecule has 0 unspecified atom stereocenters. The number of rotatable bonds is 0. The van der Waals surface area contributed by atoms with Crippen molar-refractivity contribution in [3.63, 3.8) is 0 Å². The fraction of sp³-hybridized carbons (Fsp3) is 0. The van der Waals surface area contributed by atoms with Crippen LogP contribution in [0, 0.1) is 0 Å². The molecule has 0 amide bonds. The zero-order chi connectivity index (χ0) is 5.45. The molecule has 8 heavy (non-hydrogen) atoms. The Labute approximate surface area is 67.7 Å². The molecule has 0 rings (SSSR count). The fourth-order valence-electron chi connectivity index (χ4n) is 0. The molecule has 5 nitrogen and oxygen atoms in total. The van der Waals surface area contributed by atoms with Gasteiger partial charge in [0, 0.05) is 16.8 Å². The monoisotopic (exact) mass is 204 g/mol. The third-order valence-electron chi connectivity index (χ3n) is 0. The van der Waals surface area contributed by atoms with Crippen LogP contribution in [0.4, 0.5) is 0 Å². The van der Waals surface area contributed by atoms with E-state index in [4.69, 9.17) is 19.9 Å². The number of hydrogen-bond donors (Lipinski definition) is 2. The van der Waals surface area contributed by atoms with Crippen LogP contribution in [0.5, 0.6) is 0 Å². The number of hydrogen-bond acceptors (Lipinski definition) is 3. The summed E-state index contributed by atoms with van der Waals surface area (Å²) in [5, 5.41) is 0. The molecule has 0 fully saturated rings. The first-order valence-electron chi connectivity index (χ1n) is 0.801. The van der Waals surface area contributed by atoms with Crippen molar-refractivity contribution in [3.8, 4) is 0 Å². The van der Waals surface area contributed by atoms with Crippen molar-refractivity contribution in [3.05, 3.63) is 0 Å².